The van der Waals surface area contributed by atoms with E-state index in [9.17, 15) is 9.59 Å². The highest BCUT2D eigenvalue weighted by molar-refractivity contribution is 6.84. The Hall–Kier alpha value is -2.61. The Kier molecular flexibility index (Phi) is 38.3. The highest BCUT2D eigenvalue weighted by atomic mass is 28.4. The monoisotopic (exact) mass is 854 g/mol. The highest BCUT2D eigenvalue weighted by Gasteiger charge is 2.32. The number of azide groups is 2. The van der Waals surface area contributed by atoms with Gasteiger partial charge in [-0.05, 0) is 62.2 Å². The molecule has 0 bridgehead atoms. The minimum absolute atomic E-state index is 0.00549. The summed E-state index contributed by atoms with van der Waals surface area (Å²) in [6.45, 7) is 17.9. The molecule has 0 aliphatic heterocycles. The molecule has 0 unspecified atom stereocenters. The molecule has 0 aromatic heterocycles. The molecule has 21 nitrogen and oxygen atoms in total. The first-order chi connectivity index (χ1) is 27.6. The molecule has 0 rings (SSSR count). The second kappa shape index (κ2) is 40.2. The van der Waals surface area contributed by atoms with Gasteiger partial charge >= 0.3 is 0 Å². The number of hydrogen-bond donors (Lipinski definition) is 2. The van der Waals surface area contributed by atoms with Crippen molar-refractivity contribution in [3.05, 3.63) is 20.9 Å². The Morgan fingerprint density at radius 2 is 0.825 bits per heavy atom. The molecule has 0 aliphatic carbocycles. The van der Waals surface area contributed by atoms with Crippen molar-refractivity contribution in [3.63, 3.8) is 0 Å². The Morgan fingerprint density at radius 1 is 0.491 bits per heavy atom. The summed E-state index contributed by atoms with van der Waals surface area (Å²) in [6, 6.07) is 1.79. The molecule has 0 aromatic carbocycles. The standard InChI is InChI=1S/C34H70N8O13Si2/c1-56(2,31-5-7-33(43)37-9-12-45-15-18-48-21-24-51-25-23-50-20-17-47-14-11-39-40-35)55-57(3,4)32-6-8-34(44)38-10-13-46-16-19-49-22-26-52-27-28-53-29-30-54-42-41-36/h5-32H2,1-4H3,(H,37,43)(H,38,44). The van der Waals surface area contributed by atoms with Gasteiger partial charge in [-0.25, -0.2) is 0 Å². The van der Waals surface area contributed by atoms with Gasteiger partial charge in [-0.3, -0.25) is 9.59 Å². The van der Waals surface area contributed by atoms with Crippen LogP contribution in [-0.4, -0.2) is 174 Å². The maximum Gasteiger partial charge on any atom is 0.220 e. The van der Waals surface area contributed by atoms with E-state index in [2.05, 4.69) is 61.9 Å². The number of carbonyl (C=O) groups excluding carboxylic acids is 2. The molecule has 2 amide bonds. The van der Waals surface area contributed by atoms with Crippen LogP contribution in [0.2, 0.25) is 38.3 Å². The van der Waals surface area contributed by atoms with Crippen molar-refractivity contribution in [2.24, 2.45) is 10.4 Å². The van der Waals surface area contributed by atoms with Crippen molar-refractivity contribution in [1.82, 2.24) is 10.6 Å². The summed E-state index contributed by atoms with van der Waals surface area (Å²) in [5.41, 5.74) is 16.2. The second-order valence-corrected chi connectivity index (χ2v) is 22.4. The van der Waals surface area contributed by atoms with Gasteiger partial charge in [-0.1, -0.05) is 5.11 Å². The van der Waals surface area contributed by atoms with Crippen molar-refractivity contribution in [2.45, 2.75) is 64.0 Å². The number of nitrogens with one attached hydrogen (secondary N) is 2. The third-order valence-electron chi connectivity index (χ3n) is 7.47. The molecule has 2 N–H and O–H groups in total. The van der Waals surface area contributed by atoms with E-state index in [4.69, 9.17) is 57.8 Å². The number of carbonyl (C=O) groups is 2. The first kappa shape index (κ1) is 54.4. The maximum atomic E-state index is 12.3. The van der Waals surface area contributed by atoms with E-state index in [0.717, 1.165) is 24.9 Å². The minimum atomic E-state index is -1.96. The zero-order valence-electron chi connectivity index (χ0n) is 34.8. The maximum absolute atomic E-state index is 12.3. The van der Waals surface area contributed by atoms with E-state index >= 15 is 0 Å². The van der Waals surface area contributed by atoms with Gasteiger partial charge in [-0.2, -0.15) is 0 Å². The van der Waals surface area contributed by atoms with Crippen molar-refractivity contribution in [2.75, 3.05) is 145 Å². The molecule has 57 heavy (non-hydrogen) atoms. The van der Waals surface area contributed by atoms with E-state index in [1.165, 1.54) is 0 Å². The van der Waals surface area contributed by atoms with Gasteiger partial charge in [0.1, 0.15) is 11.9 Å². The van der Waals surface area contributed by atoms with Crippen LogP contribution in [0.15, 0.2) is 10.4 Å². The molecule has 0 aromatic rings. The Balaban J connectivity index is 3.64. The normalized spacial score (nSPS) is 11.5. The van der Waals surface area contributed by atoms with Gasteiger partial charge in [0.15, 0.2) is 16.6 Å². The average Bonchev–Trinajstić information content (AvgIpc) is 3.16. The molecule has 332 valence electrons. The smallest absolute Gasteiger partial charge is 0.220 e. The van der Waals surface area contributed by atoms with Gasteiger partial charge < -0.3 is 62.2 Å². The fourth-order valence-corrected chi connectivity index (χ4v) is 13.8. The van der Waals surface area contributed by atoms with Crippen molar-refractivity contribution in [1.29, 1.82) is 0 Å². The van der Waals surface area contributed by atoms with Crippen LogP contribution in [0.4, 0.5) is 0 Å². The lowest BCUT2D eigenvalue weighted by molar-refractivity contribution is -0.122. The van der Waals surface area contributed by atoms with Crippen LogP contribution in [0.5, 0.6) is 0 Å². The lowest BCUT2D eigenvalue weighted by Crippen LogP contribution is -2.44. The van der Waals surface area contributed by atoms with Crippen molar-refractivity contribution < 1.29 is 61.2 Å². The van der Waals surface area contributed by atoms with Crippen molar-refractivity contribution >= 4 is 28.4 Å². The highest BCUT2D eigenvalue weighted by Crippen LogP contribution is 2.24. The van der Waals surface area contributed by atoms with Crippen LogP contribution in [0, 0.1) is 0 Å². The van der Waals surface area contributed by atoms with Gasteiger partial charge in [0.25, 0.3) is 0 Å². The third-order valence-corrected chi connectivity index (χ3v) is 15.0. The summed E-state index contributed by atoms with van der Waals surface area (Å²) < 4.78 is 55.3. The molecule has 0 saturated heterocycles. The van der Waals surface area contributed by atoms with E-state index in [1.54, 1.807) is 0 Å². The Morgan fingerprint density at radius 3 is 1.18 bits per heavy atom. The molecule has 0 fully saturated rings. The van der Waals surface area contributed by atoms with Gasteiger partial charge in [0, 0.05) is 42.3 Å². The molecule has 0 saturated carbocycles. The first-order valence-electron chi connectivity index (χ1n) is 19.7. The van der Waals surface area contributed by atoms with Crippen molar-refractivity contribution in [3.8, 4) is 0 Å². The zero-order valence-corrected chi connectivity index (χ0v) is 36.8. The van der Waals surface area contributed by atoms with Gasteiger partial charge in [0.05, 0.1) is 119 Å². The summed E-state index contributed by atoms with van der Waals surface area (Å²) in [5, 5.41) is 12.1. The predicted octanol–water partition coefficient (Wildman–Crippen LogP) is 3.91. The first-order valence-corrected chi connectivity index (χ1v) is 26.0. The molecule has 0 radical (unpaired) electrons. The Labute approximate surface area is 340 Å². The number of ether oxygens (including phenoxy) is 9. The lowest BCUT2D eigenvalue weighted by Gasteiger charge is -2.34. The number of hydrogen-bond acceptors (Lipinski definition) is 15. The fraction of sp³-hybridized carbons (Fsp3) is 0.941. The summed E-state index contributed by atoms with van der Waals surface area (Å²) in [6.07, 6.45) is 2.44. The SMILES string of the molecule is C[Si](C)(CCCC(=O)NCCOCCOCCOCCOCCOCCN=[N+]=[N-])O[Si](C)(C)CCCC(=O)NCCOCCOCCOCCOCCON=[N+]=[N-]. The van der Waals surface area contributed by atoms with Crippen LogP contribution < -0.4 is 10.6 Å². The molecule has 0 heterocycles. The van der Waals surface area contributed by atoms with Crippen LogP contribution in [0.1, 0.15) is 25.7 Å². The van der Waals surface area contributed by atoms with E-state index in [0.29, 0.717) is 151 Å². The molecule has 0 spiro atoms. The quantitative estimate of drug-likeness (QED) is 0.0220. The predicted molar refractivity (Wildman–Crippen MR) is 217 cm³/mol. The van der Waals surface area contributed by atoms with Crippen LogP contribution >= 0.6 is 0 Å². The zero-order chi connectivity index (χ0) is 42.0. The average molecular weight is 855 g/mol. The molecule has 23 heteroatoms. The van der Waals surface area contributed by atoms with E-state index in [1.807, 2.05) is 0 Å². The molecule has 0 atom stereocenters. The summed E-state index contributed by atoms with van der Waals surface area (Å²) in [4.78, 5) is 34.3. The lowest BCUT2D eigenvalue weighted by atomic mass is 10.3. The third kappa shape index (κ3) is 42.8. The molecular weight excluding hydrogens is 785 g/mol. The van der Waals surface area contributed by atoms with Crippen LogP contribution in [-0.2, 0) is 61.2 Å². The second-order valence-electron chi connectivity index (χ2n) is 13.5. The molecule has 0 aliphatic rings. The fourth-order valence-electron chi connectivity index (χ4n) is 4.96. The van der Waals surface area contributed by atoms with E-state index < -0.39 is 16.6 Å². The largest absolute Gasteiger partial charge is 0.455 e. The van der Waals surface area contributed by atoms with Crippen LogP contribution in [0.3, 0.4) is 0 Å². The Bertz CT molecular complexity index is 1080. The molecular formula is C34H70N8O13Si2. The van der Waals surface area contributed by atoms with Gasteiger partial charge in [0.2, 0.25) is 11.8 Å². The van der Waals surface area contributed by atoms with E-state index in [-0.39, 0.29) is 18.4 Å². The summed E-state index contributed by atoms with van der Waals surface area (Å²) in [7, 11) is -3.92. The minimum Gasteiger partial charge on any atom is -0.455 e. The number of nitrogens with zero attached hydrogens (tertiary/aromatic N) is 6. The topological polar surface area (TPSA) is 257 Å². The number of rotatable bonds is 44. The summed E-state index contributed by atoms with van der Waals surface area (Å²) >= 11 is 0. The van der Waals surface area contributed by atoms with Gasteiger partial charge in [-0.15, -0.1) is 0 Å². The number of amides is 2. The van der Waals surface area contributed by atoms with Crippen LogP contribution in [0.25, 0.3) is 20.9 Å². The summed E-state index contributed by atoms with van der Waals surface area (Å²) in [5.74, 6) is 0.0139.